The van der Waals surface area contributed by atoms with Crippen molar-refractivity contribution in [3.8, 4) is 0 Å². The van der Waals surface area contributed by atoms with Crippen LogP contribution in [0.4, 0.5) is 0 Å². The van der Waals surface area contributed by atoms with Crippen LogP contribution in [0.3, 0.4) is 0 Å². The van der Waals surface area contributed by atoms with Gasteiger partial charge < -0.3 is 0 Å². The zero-order valence-corrected chi connectivity index (χ0v) is 13.2. The summed E-state index contributed by atoms with van der Waals surface area (Å²) >= 11 is 6.00. The SMILES string of the molecule is O=S(=O)(CCCc1ccccc1)NCc1ccccc1Cl. The summed E-state index contributed by atoms with van der Waals surface area (Å²) in [6, 6.07) is 17.1. The first-order valence-corrected chi connectivity index (χ1v) is 8.84. The molecule has 0 heterocycles. The minimum absolute atomic E-state index is 0.117. The quantitative estimate of drug-likeness (QED) is 0.849. The summed E-state index contributed by atoms with van der Waals surface area (Å²) in [6.07, 6.45) is 1.36. The number of halogens is 1. The molecule has 0 atom stereocenters. The van der Waals surface area contributed by atoms with Crippen molar-refractivity contribution in [2.75, 3.05) is 5.75 Å². The molecule has 0 spiro atoms. The third-order valence-corrected chi connectivity index (χ3v) is 4.94. The second-order valence-electron chi connectivity index (χ2n) is 4.82. The first-order chi connectivity index (χ1) is 10.1. The minimum Gasteiger partial charge on any atom is -0.212 e. The Hall–Kier alpha value is -1.36. The fourth-order valence-electron chi connectivity index (χ4n) is 2.01. The maximum Gasteiger partial charge on any atom is 0.211 e. The molecule has 2 aromatic carbocycles. The van der Waals surface area contributed by atoms with Gasteiger partial charge in [0.05, 0.1) is 5.75 Å². The van der Waals surface area contributed by atoms with Crippen LogP contribution in [0.2, 0.25) is 5.02 Å². The van der Waals surface area contributed by atoms with E-state index in [0.717, 1.165) is 17.5 Å². The number of benzene rings is 2. The fourth-order valence-corrected chi connectivity index (χ4v) is 3.26. The molecule has 0 saturated carbocycles. The number of rotatable bonds is 7. The molecule has 2 aromatic rings. The molecular weight excluding hydrogens is 306 g/mol. The van der Waals surface area contributed by atoms with Gasteiger partial charge in [0.25, 0.3) is 0 Å². The van der Waals surface area contributed by atoms with Crippen molar-refractivity contribution in [3.63, 3.8) is 0 Å². The van der Waals surface area contributed by atoms with Crippen LogP contribution in [0.1, 0.15) is 17.5 Å². The van der Waals surface area contributed by atoms with Crippen molar-refractivity contribution in [3.05, 3.63) is 70.7 Å². The van der Waals surface area contributed by atoms with Crippen molar-refractivity contribution in [2.45, 2.75) is 19.4 Å². The van der Waals surface area contributed by atoms with Gasteiger partial charge in [0.1, 0.15) is 0 Å². The van der Waals surface area contributed by atoms with E-state index in [1.807, 2.05) is 48.5 Å². The van der Waals surface area contributed by atoms with Gasteiger partial charge in [0, 0.05) is 11.6 Å². The molecule has 0 amide bonds. The van der Waals surface area contributed by atoms with Gasteiger partial charge in [0.2, 0.25) is 10.0 Å². The number of aryl methyl sites for hydroxylation is 1. The average molecular weight is 324 g/mol. The molecule has 0 aliphatic rings. The van der Waals surface area contributed by atoms with Gasteiger partial charge in [-0.1, -0.05) is 60.1 Å². The molecular formula is C16H18ClNO2S. The zero-order valence-electron chi connectivity index (χ0n) is 11.6. The maximum atomic E-state index is 12.0. The van der Waals surface area contributed by atoms with Gasteiger partial charge in [-0.3, -0.25) is 0 Å². The highest BCUT2D eigenvalue weighted by molar-refractivity contribution is 7.89. The summed E-state index contributed by atoms with van der Waals surface area (Å²) in [5.74, 6) is 0.117. The first kappa shape index (κ1) is 16.0. The van der Waals surface area contributed by atoms with Crippen LogP contribution in [-0.4, -0.2) is 14.2 Å². The predicted octanol–water partition coefficient (Wildman–Crippen LogP) is 3.39. The lowest BCUT2D eigenvalue weighted by Gasteiger charge is -2.08. The highest BCUT2D eigenvalue weighted by Crippen LogP contribution is 2.14. The van der Waals surface area contributed by atoms with Crippen molar-refractivity contribution < 1.29 is 8.42 Å². The van der Waals surface area contributed by atoms with Gasteiger partial charge in [-0.25, -0.2) is 13.1 Å². The molecule has 0 bridgehead atoms. The highest BCUT2D eigenvalue weighted by Gasteiger charge is 2.10. The number of sulfonamides is 1. The Morgan fingerprint density at radius 3 is 2.33 bits per heavy atom. The van der Waals surface area contributed by atoms with Crippen molar-refractivity contribution >= 4 is 21.6 Å². The highest BCUT2D eigenvalue weighted by atomic mass is 35.5. The Balaban J connectivity index is 1.81. The third kappa shape index (κ3) is 5.50. The van der Waals surface area contributed by atoms with Crippen molar-refractivity contribution in [1.29, 1.82) is 0 Å². The van der Waals surface area contributed by atoms with Crippen LogP contribution in [0.5, 0.6) is 0 Å². The Labute approximate surface area is 131 Å². The van der Waals surface area contributed by atoms with Gasteiger partial charge in [-0.05, 0) is 30.0 Å². The lowest BCUT2D eigenvalue weighted by Crippen LogP contribution is -2.26. The molecule has 0 unspecified atom stereocenters. The van der Waals surface area contributed by atoms with Gasteiger partial charge in [-0.2, -0.15) is 0 Å². The molecule has 0 radical (unpaired) electrons. The number of hydrogen-bond acceptors (Lipinski definition) is 2. The first-order valence-electron chi connectivity index (χ1n) is 6.81. The summed E-state index contributed by atoms with van der Waals surface area (Å²) < 4.78 is 26.5. The van der Waals surface area contributed by atoms with Crippen LogP contribution >= 0.6 is 11.6 Å². The van der Waals surface area contributed by atoms with Gasteiger partial charge >= 0.3 is 0 Å². The minimum atomic E-state index is -3.28. The normalized spacial score (nSPS) is 11.5. The molecule has 112 valence electrons. The van der Waals surface area contributed by atoms with Crippen LogP contribution in [0.25, 0.3) is 0 Å². The molecule has 0 aliphatic carbocycles. The van der Waals surface area contributed by atoms with Crippen LogP contribution < -0.4 is 4.72 Å². The van der Waals surface area contributed by atoms with Gasteiger partial charge in [0.15, 0.2) is 0 Å². The molecule has 0 fully saturated rings. The molecule has 0 aliphatic heterocycles. The topological polar surface area (TPSA) is 46.2 Å². The second kappa shape index (κ2) is 7.59. The Bertz CT molecular complexity index is 672. The summed E-state index contributed by atoms with van der Waals surface area (Å²) in [5, 5.41) is 0.574. The van der Waals surface area contributed by atoms with E-state index in [9.17, 15) is 8.42 Å². The average Bonchev–Trinajstić information content (AvgIpc) is 2.47. The monoisotopic (exact) mass is 323 g/mol. The van der Waals surface area contributed by atoms with E-state index in [0.29, 0.717) is 11.4 Å². The predicted molar refractivity (Wildman–Crippen MR) is 86.8 cm³/mol. The standard InChI is InChI=1S/C16H18ClNO2S/c17-16-11-5-4-10-15(16)13-18-21(19,20)12-6-9-14-7-2-1-3-8-14/h1-5,7-8,10-11,18H,6,9,12-13H2. The Morgan fingerprint density at radius 2 is 1.62 bits per heavy atom. The number of hydrogen-bond donors (Lipinski definition) is 1. The lowest BCUT2D eigenvalue weighted by molar-refractivity contribution is 0.578. The molecule has 0 aromatic heterocycles. The van der Waals surface area contributed by atoms with E-state index in [-0.39, 0.29) is 12.3 Å². The Kier molecular flexibility index (Phi) is 5.79. The van der Waals surface area contributed by atoms with Gasteiger partial charge in [-0.15, -0.1) is 0 Å². The lowest BCUT2D eigenvalue weighted by atomic mass is 10.1. The van der Waals surface area contributed by atoms with Crippen molar-refractivity contribution in [1.82, 2.24) is 4.72 Å². The zero-order chi connectivity index (χ0) is 15.1. The summed E-state index contributed by atoms with van der Waals surface area (Å²) in [4.78, 5) is 0. The molecule has 1 N–H and O–H groups in total. The van der Waals surface area contributed by atoms with E-state index >= 15 is 0 Å². The maximum absolute atomic E-state index is 12.0. The molecule has 21 heavy (non-hydrogen) atoms. The largest absolute Gasteiger partial charge is 0.212 e. The summed E-state index contributed by atoms with van der Waals surface area (Å²) in [7, 11) is -3.28. The molecule has 0 saturated heterocycles. The van der Waals surface area contributed by atoms with E-state index in [1.165, 1.54) is 0 Å². The van der Waals surface area contributed by atoms with Crippen LogP contribution in [0.15, 0.2) is 54.6 Å². The van der Waals surface area contributed by atoms with E-state index in [2.05, 4.69) is 4.72 Å². The number of nitrogens with one attached hydrogen (secondary N) is 1. The fraction of sp³-hybridized carbons (Fsp3) is 0.250. The second-order valence-corrected chi connectivity index (χ2v) is 7.15. The van der Waals surface area contributed by atoms with Crippen LogP contribution in [-0.2, 0) is 23.0 Å². The summed E-state index contributed by atoms with van der Waals surface area (Å²) in [6.45, 7) is 0.230. The Morgan fingerprint density at radius 1 is 0.952 bits per heavy atom. The van der Waals surface area contributed by atoms with E-state index in [1.54, 1.807) is 6.07 Å². The van der Waals surface area contributed by atoms with Crippen LogP contribution in [0, 0.1) is 0 Å². The molecule has 5 heteroatoms. The smallest absolute Gasteiger partial charge is 0.211 e. The summed E-state index contributed by atoms with van der Waals surface area (Å²) in [5.41, 5.74) is 1.93. The molecule has 3 nitrogen and oxygen atoms in total. The van der Waals surface area contributed by atoms with E-state index in [4.69, 9.17) is 11.6 Å². The third-order valence-electron chi connectivity index (χ3n) is 3.16. The molecule has 2 rings (SSSR count). The van der Waals surface area contributed by atoms with E-state index < -0.39 is 10.0 Å². The van der Waals surface area contributed by atoms with Crippen molar-refractivity contribution in [2.24, 2.45) is 0 Å².